The van der Waals surface area contributed by atoms with E-state index in [0.717, 1.165) is 0 Å². The number of rotatable bonds is 8. The lowest BCUT2D eigenvalue weighted by Gasteiger charge is -2.40. The van der Waals surface area contributed by atoms with Gasteiger partial charge in [0.15, 0.2) is 0 Å². The van der Waals surface area contributed by atoms with E-state index < -0.39 is 10.2 Å². The van der Waals surface area contributed by atoms with Gasteiger partial charge in [0, 0.05) is 45.9 Å². The number of carbonyl (C=O) groups is 1. The first-order valence-corrected chi connectivity index (χ1v) is 12.2. The number of ether oxygens (including phenoxy) is 3. The van der Waals surface area contributed by atoms with Crippen LogP contribution in [0.25, 0.3) is 0 Å². The molecule has 2 heterocycles. The second-order valence-electron chi connectivity index (χ2n) is 7.81. The Hall–Kier alpha value is -1.72. The van der Waals surface area contributed by atoms with Gasteiger partial charge in [-0.05, 0) is 32.9 Å². The number of hydrogen-bond donors (Lipinski definition) is 0. The molecule has 2 saturated heterocycles. The predicted octanol–water partition coefficient (Wildman–Crippen LogP) is 1.21. The first-order chi connectivity index (χ1) is 14.8. The Morgan fingerprint density at radius 3 is 2.32 bits per heavy atom. The van der Waals surface area contributed by atoms with Crippen LogP contribution in [0.5, 0.6) is 5.75 Å². The molecule has 1 amide bonds. The summed E-state index contributed by atoms with van der Waals surface area (Å²) in [6.45, 7) is 8.98. The van der Waals surface area contributed by atoms with Crippen molar-refractivity contribution in [1.82, 2.24) is 13.5 Å². The van der Waals surface area contributed by atoms with Crippen molar-refractivity contribution in [3.8, 4) is 5.75 Å². The molecule has 2 unspecified atom stereocenters. The highest BCUT2D eigenvalue weighted by molar-refractivity contribution is 7.86. The van der Waals surface area contributed by atoms with Crippen LogP contribution in [0.4, 0.5) is 0 Å². The maximum atomic E-state index is 13.1. The number of benzene rings is 1. The summed E-state index contributed by atoms with van der Waals surface area (Å²) in [5, 5.41) is 0. The minimum Gasteiger partial charge on any atom is -0.490 e. The van der Waals surface area contributed by atoms with Gasteiger partial charge in [0.2, 0.25) is 0 Å². The Balaban J connectivity index is 1.60. The molecule has 2 fully saturated rings. The van der Waals surface area contributed by atoms with Gasteiger partial charge < -0.3 is 19.1 Å². The van der Waals surface area contributed by atoms with Crippen LogP contribution in [-0.2, 0) is 19.7 Å². The molecule has 0 N–H and O–H groups in total. The van der Waals surface area contributed by atoms with E-state index in [1.165, 1.54) is 8.61 Å². The third-order valence-corrected chi connectivity index (χ3v) is 7.34. The summed E-state index contributed by atoms with van der Waals surface area (Å²) in [5.41, 5.74) is 0.478. The summed E-state index contributed by atoms with van der Waals surface area (Å²) < 4.78 is 45.7. The van der Waals surface area contributed by atoms with Crippen molar-refractivity contribution < 1.29 is 27.4 Å². The molecule has 0 spiro atoms. The smallest absolute Gasteiger partial charge is 0.282 e. The number of nitrogens with zero attached hydrogens (tertiary/aromatic N) is 3. The van der Waals surface area contributed by atoms with E-state index in [1.807, 2.05) is 26.8 Å². The standard InChI is InChI=1S/C21H33N3O6S/c1-4-28-13-14-29-20-8-6-5-7-19(20)21(25)22-9-11-23(12-10-22)31(26,27)24-15-17(2)30-18(3)16-24/h5-8,17-18H,4,9-16H2,1-3H3. The summed E-state index contributed by atoms with van der Waals surface area (Å²) >= 11 is 0. The lowest BCUT2D eigenvalue weighted by atomic mass is 10.1. The van der Waals surface area contributed by atoms with Crippen LogP contribution in [0.3, 0.4) is 0 Å². The van der Waals surface area contributed by atoms with Gasteiger partial charge in [-0.25, -0.2) is 0 Å². The SMILES string of the molecule is CCOCCOc1ccccc1C(=O)N1CCN(S(=O)(=O)N2CC(C)OC(C)C2)CC1. The van der Waals surface area contributed by atoms with Crippen LogP contribution >= 0.6 is 0 Å². The highest BCUT2D eigenvalue weighted by Gasteiger charge is 2.37. The zero-order chi connectivity index (χ0) is 22.4. The van der Waals surface area contributed by atoms with Gasteiger partial charge >= 0.3 is 0 Å². The van der Waals surface area contributed by atoms with Crippen molar-refractivity contribution in [2.24, 2.45) is 0 Å². The van der Waals surface area contributed by atoms with Crippen molar-refractivity contribution >= 4 is 16.1 Å². The van der Waals surface area contributed by atoms with Crippen LogP contribution in [-0.4, -0.2) is 99.1 Å². The van der Waals surface area contributed by atoms with Gasteiger partial charge in [0.1, 0.15) is 12.4 Å². The molecule has 174 valence electrons. The Kier molecular flexibility index (Phi) is 8.29. The summed E-state index contributed by atoms with van der Waals surface area (Å²) in [7, 11) is -3.58. The number of piperazine rings is 1. The molecule has 31 heavy (non-hydrogen) atoms. The molecule has 3 rings (SSSR count). The monoisotopic (exact) mass is 455 g/mol. The quantitative estimate of drug-likeness (QED) is 0.548. The molecule has 2 aliphatic rings. The fraction of sp³-hybridized carbons (Fsp3) is 0.667. The maximum Gasteiger partial charge on any atom is 0.282 e. The minimum atomic E-state index is -3.58. The molecule has 0 aliphatic carbocycles. The highest BCUT2D eigenvalue weighted by atomic mass is 32.2. The molecule has 1 aromatic carbocycles. The Morgan fingerprint density at radius 2 is 1.68 bits per heavy atom. The zero-order valence-electron chi connectivity index (χ0n) is 18.5. The number of carbonyl (C=O) groups excluding carboxylic acids is 1. The van der Waals surface area contributed by atoms with Crippen molar-refractivity contribution in [2.75, 3.05) is 59.1 Å². The van der Waals surface area contributed by atoms with E-state index in [4.69, 9.17) is 14.2 Å². The van der Waals surface area contributed by atoms with Crippen LogP contribution in [0.2, 0.25) is 0 Å². The van der Waals surface area contributed by atoms with Crippen LogP contribution in [0.15, 0.2) is 24.3 Å². The van der Waals surface area contributed by atoms with E-state index in [9.17, 15) is 13.2 Å². The number of hydrogen-bond acceptors (Lipinski definition) is 6. The van der Waals surface area contributed by atoms with Crippen LogP contribution in [0, 0.1) is 0 Å². The van der Waals surface area contributed by atoms with Gasteiger partial charge in [0.05, 0.1) is 24.4 Å². The Bertz CT molecular complexity index is 831. The lowest BCUT2D eigenvalue weighted by Crippen LogP contribution is -2.57. The molecule has 2 aliphatic heterocycles. The molecule has 2 atom stereocenters. The zero-order valence-corrected chi connectivity index (χ0v) is 19.3. The Labute approximate surface area is 185 Å². The van der Waals surface area contributed by atoms with E-state index >= 15 is 0 Å². The summed E-state index contributed by atoms with van der Waals surface area (Å²) in [5.74, 6) is 0.358. The van der Waals surface area contributed by atoms with Gasteiger partial charge in [-0.3, -0.25) is 4.79 Å². The molecule has 9 nitrogen and oxygen atoms in total. The van der Waals surface area contributed by atoms with Crippen molar-refractivity contribution in [3.05, 3.63) is 29.8 Å². The van der Waals surface area contributed by atoms with Crippen LogP contribution < -0.4 is 4.74 Å². The summed E-state index contributed by atoms with van der Waals surface area (Å²) in [6.07, 6.45) is -0.277. The summed E-state index contributed by atoms with van der Waals surface area (Å²) in [4.78, 5) is 14.8. The van der Waals surface area contributed by atoms with E-state index in [-0.39, 0.29) is 31.2 Å². The lowest BCUT2D eigenvalue weighted by molar-refractivity contribution is -0.0457. The number of para-hydroxylation sites is 1. The molecule has 0 radical (unpaired) electrons. The third kappa shape index (κ3) is 5.95. The average molecular weight is 456 g/mol. The van der Waals surface area contributed by atoms with E-state index in [0.29, 0.717) is 57.3 Å². The van der Waals surface area contributed by atoms with Crippen molar-refractivity contribution in [3.63, 3.8) is 0 Å². The molecular weight excluding hydrogens is 422 g/mol. The number of morpholine rings is 1. The largest absolute Gasteiger partial charge is 0.490 e. The second kappa shape index (κ2) is 10.7. The fourth-order valence-corrected chi connectivity index (χ4v) is 5.65. The second-order valence-corrected chi connectivity index (χ2v) is 9.74. The highest BCUT2D eigenvalue weighted by Crippen LogP contribution is 2.23. The van der Waals surface area contributed by atoms with E-state index in [1.54, 1.807) is 23.1 Å². The average Bonchev–Trinajstić information content (AvgIpc) is 2.76. The Morgan fingerprint density at radius 1 is 1.03 bits per heavy atom. The minimum absolute atomic E-state index is 0.138. The van der Waals surface area contributed by atoms with Crippen molar-refractivity contribution in [1.29, 1.82) is 0 Å². The fourth-order valence-electron chi connectivity index (χ4n) is 3.90. The van der Waals surface area contributed by atoms with Crippen molar-refractivity contribution in [2.45, 2.75) is 33.0 Å². The topological polar surface area (TPSA) is 88.6 Å². The molecule has 0 saturated carbocycles. The first kappa shape index (κ1) is 23.9. The van der Waals surface area contributed by atoms with Gasteiger partial charge in [-0.15, -0.1) is 0 Å². The van der Waals surface area contributed by atoms with Gasteiger partial charge in [-0.2, -0.15) is 17.0 Å². The normalized spacial score (nSPS) is 23.6. The maximum absolute atomic E-state index is 13.1. The molecule has 10 heteroatoms. The van der Waals surface area contributed by atoms with E-state index in [2.05, 4.69) is 0 Å². The molecule has 0 bridgehead atoms. The van der Waals surface area contributed by atoms with Gasteiger partial charge in [0.25, 0.3) is 16.1 Å². The first-order valence-electron chi connectivity index (χ1n) is 10.8. The van der Waals surface area contributed by atoms with Gasteiger partial charge in [-0.1, -0.05) is 12.1 Å². The molecule has 1 aromatic rings. The molecular formula is C21H33N3O6S. The summed E-state index contributed by atoms with van der Waals surface area (Å²) in [6, 6.07) is 7.12. The predicted molar refractivity (Wildman–Crippen MR) is 116 cm³/mol. The van der Waals surface area contributed by atoms with Crippen LogP contribution in [0.1, 0.15) is 31.1 Å². The molecule has 0 aromatic heterocycles. The third-order valence-electron chi connectivity index (χ3n) is 5.37. The number of amides is 1.